The molecule has 0 amide bonds. The second-order valence-electron chi connectivity index (χ2n) is 2.24. The van der Waals surface area contributed by atoms with Gasteiger partial charge in [0.25, 0.3) is 0 Å². The minimum atomic E-state index is 0.144. The maximum Gasteiger partial charge on any atom is 0.170 e. The molecule has 11 heavy (non-hydrogen) atoms. The minimum absolute atomic E-state index is 0.144. The van der Waals surface area contributed by atoms with E-state index in [1.807, 2.05) is 14.0 Å². The Balaban J connectivity index is 2.71. The van der Waals surface area contributed by atoms with Gasteiger partial charge < -0.3 is 5.32 Å². The lowest BCUT2D eigenvalue weighted by molar-refractivity contribution is 0.636. The van der Waals surface area contributed by atoms with E-state index in [2.05, 4.69) is 10.3 Å². The van der Waals surface area contributed by atoms with E-state index in [1.54, 1.807) is 6.20 Å². The molecule has 0 bridgehead atoms. The molecule has 0 saturated carbocycles. The number of aromatic nitrogens is 2. The fraction of sp³-hybridized carbons (Fsp3) is 0.500. The smallest absolute Gasteiger partial charge is 0.170 e. The van der Waals surface area contributed by atoms with E-state index in [0.717, 1.165) is 5.69 Å². The molecule has 0 spiro atoms. The minimum Gasteiger partial charge on any atom is -0.312 e. The van der Waals surface area contributed by atoms with E-state index >= 15 is 0 Å². The Morgan fingerprint density at radius 1 is 1.82 bits per heavy atom. The lowest BCUT2D eigenvalue weighted by Crippen LogP contribution is -2.12. The number of rotatable bonds is 3. The molecule has 1 unspecified atom stereocenters. The zero-order valence-corrected chi connectivity index (χ0v) is 7.23. The maximum absolute atomic E-state index is 11.9. The molecule has 3 nitrogen and oxygen atoms in total. The number of hydrogen-bond donors (Lipinski definition) is 1. The Kier molecular flexibility index (Phi) is 2.90. The Hall–Kier alpha value is -0.550. The summed E-state index contributed by atoms with van der Waals surface area (Å²) in [5, 5.41) is 3.01. The average Bonchev–Trinajstić information content (AvgIpc) is 2.50. The summed E-state index contributed by atoms with van der Waals surface area (Å²) in [6.45, 7) is 1.97. The van der Waals surface area contributed by atoms with Crippen molar-refractivity contribution in [3.8, 4) is 0 Å². The third kappa shape index (κ3) is 1.94. The van der Waals surface area contributed by atoms with E-state index in [1.165, 1.54) is 10.3 Å². The average molecular weight is 175 g/mol. The maximum atomic E-state index is 11.9. The molecule has 0 aromatic carbocycles. The second kappa shape index (κ2) is 3.73. The highest BCUT2D eigenvalue weighted by Gasteiger charge is 2.05. The SMILES string of the molecule is CNC(C)c1cn(SF)cn1. The highest BCUT2D eigenvalue weighted by molar-refractivity contribution is 7.92. The molecule has 1 aromatic rings. The quantitative estimate of drug-likeness (QED) is 0.755. The summed E-state index contributed by atoms with van der Waals surface area (Å²) in [5.41, 5.74) is 0.845. The molecule has 0 aliphatic carbocycles. The number of halogens is 1. The molecule has 1 atom stereocenters. The third-order valence-corrected chi connectivity index (χ3v) is 1.90. The van der Waals surface area contributed by atoms with Crippen LogP contribution in [0.2, 0.25) is 0 Å². The van der Waals surface area contributed by atoms with Crippen LogP contribution in [0.5, 0.6) is 0 Å². The predicted molar refractivity (Wildman–Crippen MR) is 43.8 cm³/mol. The van der Waals surface area contributed by atoms with Gasteiger partial charge in [0, 0.05) is 12.2 Å². The molecule has 5 heteroatoms. The van der Waals surface area contributed by atoms with Crippen LogP contribution in [0.4, 0.5) is 3.89 Å². The fourth-order valence-corrected chi connectivity index (χ4v) is 0.960. The van der Waals surface area contributed by atoms with Crippen molar-refractivity contribution >= 4 is 12.3 Å². The van der Waals surface area contributed by atoms with Gasteiger partial charge in [0.05, 0.1) is 5.69 Å². The van der Waals surface area contributed by atoms with Crippen molar-refractivity contribution in [2.45, 2.75) is 13.0 Å². The molecule has 0 radical (unpaired) electrons. The van der Waals surface area contributed by atoms with Crippen LogP contribution in [0.1, 0.15) is 18.7 Å². The topological polar surface area (TPSA) is 29.9 Å². The van der Waals surface area contributed by atoms with Crippen molar-refractivity contribution in [1.29, 1.82) is 0 Å². The normalized spacial score (nSPS) is 13.4. The Morgan fingerprint density at radius 3 is 3.00 bits per heavy atom. The molecule has 0 aliphatic heterocycles. The van der Waals surface area contributed by atoms with Crippen LogP contribution >= 0.6 is 12.3 Å². The lowest BCUT2D eigenvalue weighted by Gasteiger charge is -2.04. The van der Waals surface area contributed by atoms with Crippen LogP contribution in [0.3, 0.4) is 0 Å². The number of imidazole rings is 1. The van der Waals surface area contributed by atoms with Gasteiger partial charge in [-0.1, -0.05) is 0 Å². The van der Waals surface area contributed by atoms with Gasteiger partial charge in [0.2, 0.25) is 0 Å². The summed E-state index contributed by atoms with van der Waals surface area (Å²) < 4.78 is 13.2. The molecular formula is C6H10FN3S. The molecule has 0 fully saturated rings. The van der Waals surface area contributed by atoms with Gasteiger partial charge in [-0.05, 0) is 14.0 Å². The van der Waals surface area contributed by atoms with Gasteiger partial charge in [-0.25, -0.2) is 4.98 Å². The van der Waals surface area contributed by atoms with Crippen LogP contribution < -0.4 is 5.32 Å². The molecule has 1 N–H and O–H groups in total. The standard InChI is InChI=1S/C6H10FN3S/c1-5(8-2)6-3-10(11-7)4-9-6/h3-5,8H,1-2H3. The zero-order chi connectivity index (χ0) is 8.27. The van der Waals surface area contributed by atoms with Crippen molar-refractivity contribution < 1.29 is 3.89 Å². The van der Waals surface area contributed by atoms with Gasteiger partial charge >= 0.3 is 0 Å². The molecule has 62 valence electrons. The summed E-state index contributed by atoms with van der Waals surface area (Å²) in [6, 6.07) is 0.170. The summed E-state index contributed by atoms with van der Waals surface area (Å²) in [7, 11) is 1.84. The van der Waals surface area contributed by atoms with E-state index in [0.29, 0.717) is 0 Å². The summed E-state index contributed by atoms with van der Waals surface area (Å²) >= 11 is 0.144. The van der Waals surface area contributed by atoms with E-state index in [-0.39, 0.29) is 18.4 Å². The first-order chi connectivity index (χ1) is 5.27. The third-order valence-electron chi connectivity index (χ3n) is 1.54. The van der Waals surface area contributed by atoms with Crippen LogP contribution in [0.25, 0.3) is 0 Å². The Bertz CT molecular complexity index is 225. The predicted octanol–water partition coefficient (Wildman–Crippen LogP) is 1.54. The fourth-order valence-electron chi connectivity index (χ4n) is 0.730. The number of nitrogens with zero attached hydrogens (tertiary/aromatic N) is 2. The van der Waals surface area contributed by atoms with Crippen molar-refractivity contribution in [2.24, 2.45) is 0 Å². The van der Waals surface area contributed by atoms with Gasteiger partial charge in [0.1, 0.15) is 6.33 Å². The molecule has 1 heterocycles. The first kappa shape index (κ1) is 8.55. The van der Waals surface area contributed by atoms with Crippen LogP contribution in [0, 0.1) is 0 Å². The summed E-state index contributed by atoms with van der Waals surface area (Å²) in [4.78, 5) is 4.00. The second-order valence-corrected chi connectivity index (χ2v) is 2.80. The largest absolute Gasteiger partial charge is 0.312 e. The molecule has 1 aromatic heterocycles. The number of hydrogen-bond acceptors (Lipinski definition) is 3. The first-order valence-corrected chi connectivity index (χ1v) is 3.95. The molecule has 1 rings (SSSR count). The van der Waals surface area contributed by atoms with Gasteiger partial charge in [-0.3, -0.25) is 3.97 Å². The zero-order valence-electron chi connectivity index (χ0n) is 6.41. The Labute approximate surface area is 69.4 Å². The Morgan fingerprint density at radius 2 is 2.55 bits per heavy atom. The van der Waals surface area contributed by atoms with E-state index in [4.69, 9.17) is 0 Å². The van der Waals surface area contributed by atoms with Crippen molar-refractivity contribution in [3.05, 3.63) is 18.2 Å². The van der Waals surface area contributed by atoms with Gasteiger partial charge in [0.15, 0.2) is 12.3 Å². The molecule has 0 saturated heterocycles. The van der Waals surface area contributed by atoms with Crippen LogP contribution in [-0.4, -0.2) is 16.0 Å². The monoisotopic (exact) mass is 175 g/mol. The number of nitrogens with one attached hydrogen (secondary N) is 1. The molecular weight excluding hydrogens is 165 g/mol. The summed E-state index contributed by atoms with van der Waals surface area (Å²) in [5.74, 6) is 0. The van der Waals surface area contributed by atoms with E-state index in [9.17, 15) is 3.89 Å². The first-order valence-electron chi connectivity index (χ1n) is 3.28. The van der Waals surface area contributed by atoms with E-state index < -0.39 is 0 Å². The highest BCUT2D eigenvalue weighted by Crippen LogP contribution is 2.12. The van der Waals surface area contributed by atoms with Crippen LogP contribution in [0.15, 0.2) is 12.5 Å². The van der Waals surface area contributed by atoms with Gasteiger partial charge in [-0.2, -0.15) is 0 Å². The van der Waals surface area contributed by atoms with Crippen molar-refractivity contribution in [2.75, 3.05) is 7.05 Å². The lowest BCUT2D eigenvalue weighted by atomic mass is 10.3. The van der Waals surface area contributed by atoms with Crippen molar-refractivity contribution in [3.63, 3.8) is 0 Å². The van der Waals surface area contributed by atoms with Crippen molar-refractivity contribution in [1.82, 2.24) is 14.3 Å². The highest BCUT2D eigenvalue weighted by atomic mass is 32.2. The molecule has 0 aliphatic rings. The summed E-state index contributed by atoms with van der Waals surface area (Å²) in [6.07, 6.45) is 3.11. The van der Waals surface area contributed by atoms with Gasteiger partial charge in [-0.15, -0.1) is 3.89 Å². The van der Waals surface area contributed by atoms with Crippen LogP contribution in [-0.2, 0) is 0 Å².